The van der Waals surface area contributed by atoms with Gasteiger partial charge < -0.3 is 20.0 Å². The minimum atomic E-state index is -5.04. The van der Waals surface area contributed by atoms with E-state index < -0.39 is 46.5 Å². The maximum absolute atomic E-state index is 13.4. The molecule has 2 atom stereocenters. The Hall–Kier alpha value is -2.13. The number of halogens is 7. The Morgan fingerprint density at radius 2 is 1.61 bits per heavy atom. The van der Waals surface area contributed by atoms with Gasteiger partial charge in [0.2, 0.25) is 5.91 Å². The highest BCUT2D eigenvalue weighted by Crippen LogP contribution is 2.40. The molecule has 0 radical (unpaired) electrons. The molecule has 198 valence electrons. The number of rotatable bonds is 5. The molecule has 2 heterocycles. The summed E-state index contributed by atoms with van der Waals surface area (Å²) in [7, 11) is 1.36. The normalized spacial score (nSPS) is 19.1. The van der Waals surface area contributed by atoms with Crippen LogP contribution in [0.5, 0.6) is 0 Å². The summed E-state index contributed by atoms with van der Waals surface area (Å²) >= 11 is 1.94. The molecule has 1 saturated heterocycles. The van der Waals surface area contributed by atoms with E-state index >= 15 is 0 Å². The Morgan fingerprint density at radius 3 is 2.08 bits per heavy atom. The van der Waals surface area contributed by atoms with Crippen LogP contribution in [-0.2, 0) is 22.6 Å². The molecule has 6 nitrogen and oxygen atoms in total. The molecule has 1 amide bonds. The summed E-state index contributed by atoms with van der Waals surface area (Å²) in [5.74, 6) is -0.293. The Morgan fingerprint density at radius 1 is 1.08 bits per heavy atom. The number of hydrogen-bond acceptors (Lipinski definition) is 5. The lowest BCUT2D eigenvalue weighted by atomic mass is 9.81. The average Bonchev–Trinajstić information content (AvgIpc) is 3.17. The highest BCUT2D eigenvalue weighted by atomic mass is 127. The molecule has 36 heavy (non-hydrogen) atoms. The number of pyridine rings is 1. The second-order valence-corrected chi connectivity index (χ2v) is 10.3. The highest BCUT2D eigenvalue weighted by Gasteiger charge is 2.41. The van der Waals surface area contributed by atoms with E-state index in [1.54, 1.807) is 11.0 Å². The number of aliphatic hydroxyl groups is 2. The first-order valence-corrected chi connectivity index (χ1v) is 11.8. The summed E-state index contributed by atoms with van der Waals surface area (Å²) in [5, 5.41) is 19.5. The average molecular weight is 631 g/mol. The summed E-state index contributed by atoms with van der Waals surface area (Å²) in [6.45, 7) is 2.58. The molecule has 1 aromatic carbocycles. The van der Waals surface area contributed by atoms with E-state index in [9.17, 15) is 41.4 Å². The fraction of sp³-hybridized carbons (Fsp3) is 0.478. The molecular weight excluding hydrogens is 607 g/mol. The van der Waals surface area contributed by atoms with E-state index in [1.807, 2.05) is 22.6 Å². The first kappa shape index (κ1) is 28.4. The SMILES string of the molecule is CN(C(=O)C(C)(C)c1cc(C(F)(F)F)cc(C(F)(F)F)c1)c1cnc(N2C[C@@H](O)C[C@H]2CO)cc1I. The maximum atomic E-state index is 13.4. The molecule has 2 aromatic rings. The zero-order valence-corrected chi connectivity index (χ0v) is 21.6. The summed E-state index contributed by atoms with van der Waals surface area (Å²) < 4.78 is 80.6. The van der Waals surface area contributed by atoms with Crippen molar-refractivity contribution in [3.05, 3.63) is 50.7 Å². The third-order valence-electron chi connectivity index (χ3n) is 6.23. The second kappa shape index (κ2) is 9.97. The fourth-order valence-electron chi connectivity index (χ4n) is 4.13. The summed E-state index contributed by atoms with van der Waals surface area (Å²) in [6, 6.07) is 2.42. The smallest absolute Gasteiger partial charge is 0.394 e. The number of carbonyl (C=O) groups excluding carboxylic acids is 1. The zero-order chi connectivity index (χ0) is 27.2. The van der Waals surface area contributed by atoms with Crippen LogP contribution < -0.4 is 9.80 Å². The van der Waals surface area contributed by atoms with Gasteiger partial charge in [0.25, 0.3) is 0 Å². The Labute approximate surface area is 217 Å². The van der Waals surface area contributed by atoms with Gasteiger partial charge in [0, 0.05) is 17.2 Å². The van der Waals surface area contributed by atoms with Gasteiger partial charge in [0.1, 0.15) is 5.82 Å². The van der Waals surface area contributed by atoms with Crippen LogP contribution >= 0.6 is 22.6 Å². The first-order chi connectivity index (χ1) is 16.5. The van der Waals surface area contributed by atoms with Gasteiger partial charge >= 0.3 is 12.4 Å². The predicted octanol–water partition coefficient (Wildman–Crippen LogP) is 4.60. The molecule has 1 aliphatic heterocycles. The maximum Gasteiger partial charge on any atom is 0.416 e. The molecule has 1 fully saturated rings. The van der Waals surface area contributed by atoms with Crippen molar-refractivity contribution in [2.75, 3.05) is 30.0 Å². The molecule has 0 saturated carbocycles. The summed E-state index contributed by atoms with van der Waals surface area (Å²) in [5.41, 5.74) is -4.89. The van der Waals surface area contributed by atoms with Gasteiger partial charge in [-0.15, -0.1) is 0 Å². The van der Waals surface area contributed by atoms with Crippen molar-refractivity contribution in [2.24, 2.45) is 0 Å². The van der Waals surface area contributed by atoms with Crippen LogP contribution in [0.2, 0.25) is 0 Å². The monoisotopic (exact) mass is 631 g/mol. The lowest BCUT2D eigenvalue weighted by Crippen LogP contribution is -2.42. The number of β-amino-alcohol motifs (C(OH)–C–C–N with tert-alkyl or cyclic N) is 1. The highest BCUT2D eigenvalue weighted by molar-refractivity contribution is 14.1. The largest absolute Gasteiger partial charge is 0.416 e. The topological polar surface area (TPSA) is 76.9 Å². The number of aliphatic hydroxyl groups excluding tert-OH is 2. The van der Waals surface area contributed by atoms with E-state index in [4.69, 9.17) is 0 Å². The van der Waals surface area contributed by atoms with Gasteiger partial charge in [-0.05, 0) is 72.7 Å². The van der Waals surface area contributed by atoms with Gasteiger partial charge in [0.15, 0.2) is 0 Å². The molecule has 0 bridgehead atoms. The summed E-state index contributed by atoms with van der Waals surface area (Å²) in [6.07, 6.45) is -8.99. The molecule has 1 aromatic heterocycles. The fourth-order valence-corrected chi connectivity index (χ4v) is 4.91. The van der Waals surface area contributed by atoms with E-state index in [0.29, 0.717) is 33.6 Å². The van der Waals surface area contributed by atoms with Crippen molar-refractivity contribution in [1.82, 2.24) is 4.98 Å². The number of benzene rings is 1. The minimum absolute atomic E-state index is 0.0221. The third kappa shape index (κ3) is 5.72. The van der Waals surface area contributed by atoms with Gasteiger partial charge in [-0.2, -0.15) is 26.3 Å². The number of nitrogens with zero attached hydrogens (tertiary/aromatic N) is 3. The molecular formula is C23H24F6IN3O3. The zero-order valence-electron chi connectivity index (χ0n) is 19.5. The van der Waals surface area contributed by atoms with Crippen LogP contribution in [0.15, 0.2) is 30.5 Å². The van der Waals surface area contributed by atoms with Crippen molar-refractivity contribution in [1.29, 1.82) is 0 Å². The lowest BCUT2D eigenvalue weighted by molar-refractivity contribution is -0.143. The first-order valence-electron chi connectivity index (χ1n) is 10.8. The van der Waals surface area contributed by atoms with Crippen LogP contribution in [0.1, 0.15) is 37.0 Å². The van der Waals surface area contributed by atoms with Crippen molar-refractivity contribution in [3.8, 4) is 0 Å². The van der Waals surface area contributed by atoms with Crippen molar-refractivity contribution >= 4 is 40.0 Å². The summed E-state index contributed by atoms with van der Waals surface area (Å²) in [4.78, 5) is 20.6. The van der Waals surface area contributed by atoms with E-state index in [1.165, 1.54) is 27.1 Å². The van der Waals surface area contributed by atoms with E-state index in [0.717, 1.165) is 4.90 Å². The molecule has 2 N–H and O–H groups in total. The van der Waals surface area contributed by atoms with Crippen LogP contribution in [0.4, 0.5) is 37.8 Å². The number of anilines is 2. The van der Waals surface area contributed by atoms with Crippen molar-refractivity contribution in [3.63, 3.8) is 0 Å². The predicted molar refractivity (Wildman–Crippen MR) is 129 cm³/mol. The third-order valence-corrected chi connectivity index (χ3v) is 7.09. The Balaban J connectivity index is 1.96. The number of aromatic nitrogens is 1. The van der Waals surface area contributed by atoms with Crippen molar-refractivity contribution in [2.45, 2.75) is 50.2 Å². The quantitative estimate of drug-likeness (QED) is 0.373. The van der Waals surface area contributed by atoms with Gasteiger partial charge in [-0.25, -0.2) is 4.98 Å². The molecule has 1 aliphatic rings. The molecule has 0 spiro atoms. The minimum Gasteiger partial charge on any atom is -0.394 e. The molecule has 3 rings (SSSR count). The number of amides is 1. The van der Waals surface area contributed by atoms with Crippen molar-refractivity contribution < 1.29 is 41.4 Å². The standard InChI is InChI=1S/C23H24F6IN3O3/c1-21(2,12-4-13(22(24,25)26)6-14(5-12)23(27,28)29)20(36)32(3)18-9-31-19(8-17(18)30)33-10-16(35)7-15(33)11-34/h4-6,8-9,15-16,34-35H,7,10-11H2,1-3H3/t15-,16-/m0/s1. The van der Waals surface area contributed by atoms with Crippen LogP contribution in [0, 0.1) is 3.57 Å². The number of likely N-dealkylation sites (N-methyl/N-ethyl adjacent to an activating group) is 1. The Kier molecular flexibility index (Phi) is 7.88. The van der Waals surface area contributed by atoms with E-state index in [2.05, 4.69) is 4.98 Å². The Bertz CT molecular complexity index is 1110. The van der Waals surface area contributed by atoms with Gasteiger partial charge in [-0.1, -0.05) is 0 Å². The number of alkyl halides is 6. The molecule has 0 aliphatic carbocycles. The van der Waals surface area contributed by atoms with Gasteiger partial charge in [0.05, 0.1) is 47.2 Å². The number of carbonyl (C=O) groups is 1. The van der Waals surface area contributed by atoms with Gasteiger partial charge in [-0.3, -0.25) is 4.79 Å². The van der Waals surface area contributed by atoms with E-state index in [-0.39, 0.29) is 25.3 Å². The second-order valence-electron chi connectivity index (χ2n) is 9.16. The lowest BCUT2D eigenvalue weighted by Gasteiger charge is -2.32. The molecule has 13 heteroatoms. The molecule has 0 unspecified atom stereocenters. The van der Waals surface area contributed by atoms with Crippen LogP contribution in [0.25, 0.3) is 0 Å². The van der Waals surface area contributed by atoms with Crippen LogP contribution in [0.3, 0.4) is 0 Å². The van der Waals surface area contributed by atoms with Crippen LogP contribution in [-0.4, -0.2) is 53.4 Å². The number of hydrogen-bond donors (Lipinski definition) is 2.